The minimum absolute atomic E-state index is 0.181. The molecule has 0 N–H and O–H groups in total. The van der Waals surface area contributed by atoms with Crippen LogP contribution in [0.4, 0.5) is 0 Å². The van der Waals surface area contributed by atoms with E-state index in [0.717, 1.165) is 6.54 Å². The standard InChI is InChI=1S/C8H15NO3/c1-3-12-8(10)7-6-11-5-4-9(7)2/h7H,3-6H2,1-2H3. The average Bonchev–Trinajstić information content (AvgIpc) is 2.05. The zero-order chi connectivity index (χ0) is 8.97. The molecule has 1 unspecified atom stereocenters. The van der Waals surface area contributed by atoms with Gasteiger partial charge in [0.05, 0.1) is 19.8 Å². The third-order valence-electron chi connectivity index (χ3n) is 1.95. The number of ether oxygens (including phenoxy) is 2. The molecule has 70 valence electrons. The average molecular weight is 173 g/mol. The normalized spacial score (nSPS) is 25.3. The van der Waals surface area contributed by atoms with E-state index in [0.29, 0.717) is 19.8 Å². The monoisotopic (exact) mass is 173 g/mol. The van der Waals surface area contributed by atoms with E-state index in [-0.39, 0.29) is 12.0 Å². The summed E-state index contributed by atoms with van der Waals surface area (Å²) in [4.78, 5) is 13.2. The molecule has 4 heteroatoms. The lowest BCUT2D eigenvalue weighted by Crippen LogP contribution is -2.48. The molecule has 0 bridgehead atoms. The number of carbonyl (C=O) groups is 1. The number of esters is 1. The molecule has 0 aromatic carbocycles. The van der Waals surface area contributed by atoms with Gasteiger partial charge in [0.2, 0.25) is 0 Å². The van der Waals surface area contributed by atoms with Crippen LogP contribution >= 0.6 is 0 Å². The molecule has 0 saturated carbocycles. The van der Waals surface area contributed by atoms with Gasteiger partial charge in [-0.05, 0) is 14.0 Å². The zero-order valence-electron chi connectivity index (χ0n) is 7.58. The number of carbonyl (C=O) groups excluding carboxylic acids is 1. The SMILES string of the molecule is CCOC(=O)C1COCCN1C. The Balaban J connectivity index is 2.42. The van der Waals surface area contributed by atoms with Crippen molar-refractivity contribution in [3.8, 4) is 0 Å². The fourth-order valence-electron chi connectivity index (χ4n) is 1.17. The summed E-state index contributed by atoms with van der Waals surface area (Å²) in [7, 11) is 1.91. The van der Waals surface area contributed by atoms with E-state index in [2.05, 4.69) is 0 Å². The molecule has 0 aliphatic carbocycles. The maximum absolute atomic E-state index is 11.3. The second-order valence-electron chi connectivity index (χ2n) is 2.82. The van der Waals surface area contributed by atoms with Gasteiger partial charge in [0.15, 0.2) is 0 Å². The molecule has 4 nitrogen and oxygen atoms in total. The van der Waals surface area contributed by atoms with Crippen molar-refractivity contribution < 1.29 is 14.3 Å². The second kappa shape index (κ2) is 4.42. The Kier molecular flexibility index (Phi) is 3.49. The molecule has 1 heterocycles. The van der Waals surface area contributed by atoms with Crippen molar-refractivity contribution in [2.75, 3.05) is 33.4 Å². The lowest BCUT2D eigenvalue weighted by molar-refractivity contribution is -0.154. The van der Waals surface area contributed by atoms with E-state index in [1.807, 2.05) is 18.9 Å². The Labute approximate surface area is 72.4 Å². The van der Waals surface area contributed by atoms with Gasteiger partial charge in [0.1, 0.15) is 6.04 Å². The number of hydrogen-bond acceptors (Lipinski definition) is 4. The zero-order valence-corrected chi connectivity index (χ0v) is 7.58. The van der Waals surface area contributed by atoms with Crippen LogP contribution in [0.3, 0.4) is 0 Å². The quantitative estimate of drug-likeness (QED) is 0.546. The Bertz CT molecular complexity index is 160. The number of hydrogen-bond donors (Lipinski definition) is 0. The fourth-order valence-corrected chi connectivity index (χ4v) is 1.17. The second-order valence-corrected chi connectivity index (χ2v) is 2.82. The highest BCUT2D eigenvalue weighted by molar-refractivity contribution is 5.76. The van der Waals surface area contributed by atoms with E-state index in [9.17, 15) is 4.79 Å². The molecule has 1 rings (SSSR count). The van der Waals surface area contributed by atoms with Gasteiger partial charge in [-0.15, -0.1) is 0 Å². The third kappa shape index (κ3) is 2.19. The molecule has 0 spiro atoms. The molecular formula is C8H15NO3. The van der Waals surface area contributed by atoms with Crippen molar-refractivity contribution in [3.05, 3.63) is 0 Å². The molecule has 0 aromatic heterocycles. The van der Waals surface area contributed by atoms with Crippen LogP contribution in [-0.2, 0) is 14.3 Å². The van der Waals surface area contributed by atoms with Gasteiger partial charge in [-0.25, -0.2) is 0 Å². The number of likely N-dealkylation sites (N-methyl/N-ethyl adjacent to an activating group) is 1. The van der Waals surface area contributed by atoms with Crippen molar-refractivity contribution >= 4 is 5.97 Å². The number of morpholine rings is 1. The summed E-state index contributed by atoms with van der Waals surface area (Å²) in [5.74, 6) is -0.181. The summed E-state index contributed by atoms with van der Waals surface area (Å²) in [6, 6.07) is -0.210. The Morgan fingerprint density at radius 3 is 3.08 bits per heavy atom. The van der Waals surface area contributed by atoms with Gasteiger partial charge < -0.3 is 9.47 Å². The third-order valence-corrected chi connectivity index (χ3v) is 1.95. The molecule has 0 radical (unpaired) electrons. The minimum Gasteiger partial charge on any atom is -0.465 e. The van der Waals surface area contributed by atoms with Crippen LogP contribution in [0, 0.1) is 0 Å². The molecule has 0 amide bonds. The predicted octanol–water partition coefficient (Wildman–Crippen LogP) is -0.120. The lowest BCUT2D eigenvalue weighted by atomic mass is 10.2. The largest absolute Gasteiger partial charge is 0.465 e. The highest BCUT2D eigenvalue weighted by Gasteiger charge is 2.27. The van der Waals surface area contributed by atoms with Gasteiger partial charge in [-0.3, -0.25) is 9.69 Å². The molecular weight excluding hydrogens is 158 g/mol. The van der Waals surface area contributed by atoms with Crippen molar-refractivity contribution in [1.29, 1.82) is 0 Å². The molecule has 0 aromatic rings. The van der Waals surface area contributed by atoms with Crippen LogP contribution in [-0.4, -0.2) is 50.3 Å². The van der Waals surface area contributed by atoms with Gasteiger partial charge in [0, 0.05) is 6.54 Å². The molecule has 1 aliphatic rings. The Hall–Kier alpha value is -0.610. The van der Waals surface area contributed by atoms with Crippen molar-refractivity contribution in [3.63, 3.8) is 0 Å². The molecule has 1 atom stereocenters. The molecule has 12 heavy (non-hydrogen) atoms. The first-order valence-electron chi connectivity index (χ1n) is 4.20. The molecule has 1 aliphatic heterocycles. The summed E-state index contributed by atoms with van der Waals surface area (Å²) < 4.78 is 10.1. The van der Waals surface area contributed by atoms with Crippen LogP contribution < -0.4 is 0 Å². The minimum atomic E-state index is -0.210. The maximum atomic E-state index is 11.3. The first-order valence-corrected chi connectivity index (χ1v) is 4.20. The van der Waals surface area contributed by atoms with E-state index < -0.39 is 0 Å². The van der Waals surface area contributed by atoms with Gasteiger partial charge >= 0.3 is 5.97 Å². The first-order chi connectivity index (χ1) is 5.75. The maximum Gasteiger partial charge on any atom is 0.325 e. The topological polar surface area (TPSA) is 38.8 Å². The predicted molar refractivity (Wildman–Crippen MR) is 43.9 cm³/mol. The van der Waals surface area contributed by atoms with Crippen LogP contribution in [0.1, 0.15) is 6.92 Å². The highest BCUT2D eigenvalue weighted by Crippen LogP contribution is 2.05. The van der Waals surface area contributed by atoms with Crippen LogP contribution in [0.5, 0.6) is 0 Å². The Morgan fingerprint density at radius 2 is 2.50 bits per heavy atom. The number of rotatable bonds is 2. The molecule has 1 fully saturated rings. The molecule has 1 saturated heterocycles. The fraction of sp³-hybridized carbons (Fsp3) is 0.875. The van der Waals surface area contributed by atoms with Crippen LogP contribution in [0.25, 0.3) is 0 Å². The summed E-state index contributed by atoms with van der Waals surface area (Å²) in [6.07, 6.45) is 0. The lowest BCUT2D eigenvalue weighted by Gasteiger charge is -2.30. The Morgan fingerprint density at radius 1 is 1.75 bits per heavy atom. The van der Waals surface area contributed by atoms with Crippen LogP contribution in [0.15, 0.2) is 0 Å². The van der Waals surface area contributed by atoms with Crippen LogP contribution in [0.2, 0.25) is 0 Å². The summed E-state index contributed by atoms with van der Waals surface area (Å²) in [5, 5.41) is 0. The number of nitrogens with zero attached hydrogens (tertiary/aromatic N) is 1. The smallest absolute Gasteiger partial charge is 0.325 e. The summed E-state index contributed by atoms with van der Waals surface area (Å²) >= 11 is 0. The van der Waals surface area contributed by atoms with E-state index in [1.54, 1.807) is 0 Å². The van der Waals surface area contributed by atoms with E-state index >= 15 is 0 Å². The summed E-state index contributed by atoms with van der Waals surface area (Å²) in [6.45, 7) is 4.19. The summed E-state index contributed by atoms with van der Waals surface area (Å²) in [5.41, 5.74) is 0. The van der Waals surface area contributed by atoms with Gasteiger partial charge in [0.25, 0.3) is 0 Å². The van der Waals surface area contributed by atoms with Gasteiger partial charge in [-0.2, -0.15) is 0 Å². The van der Waals surface area contributed by atoms with Crippen molar-refractivity contribution in [1.82, 2.24) is 4.90 Å². The van der Waals surface area contributed by atoms with Crippen molar-refractivity contribution in [2.24, 2.45) is 0 Å². The first kappa shape index (κ1) is 9.48. The highest BCUT2D eigenvalue weighted by atomic mass is 16.5. The van der Waals surface area contributed by atoms with Gasteiger partial charge in [-0.1, -0.05) is 0 Å². The van der Waals surface area contributed by atoms with Crippen molar-refractivity contribution in [2.45, 2.75) is 13.0 Å². The van der Waals surface area contributed by atoms with E-state index in [1.165, 1.54) is 0 Å². The van der Waals surface area contributed by atoms with E-state index in [4.69, 9.17) is 9.47 Å².